The summed E-state index contributed by atoms with van der Waals surface area (Å²) in [5.74, 6) is 0.203. The fraction of sp³-hybridized carbons (Fsp3) is 0.333. The second-order valence-electron chi connectivity index (χ2n) is 11.4. The van der Waals surface area contributed by atoms with Gasteiger partial charge in [0, 0.05) is 50.4 Å². The van der Waals surface area contributed by atoms with Gasteiger partial charge in [0.05, 0.1) is 24.8 Å². The number of hydrogen-bond donors (Lipinski definition) is 1. The standard InChI is InChI=1S/C36H38F6N4O4/c1-3-50-17-9-16-45(34(48)43-30-20-28(35(37,38)39)19-29(21-30)36(40,41)42)25-33(47)46(22-26-10-5-4-6-11-26)24-31-13-8-15-44(31)23-27-12-7-14-32(18-27)49-2/h4-8,10-15,18-21H,3,9,16-17,22-25H2,1-2H3,(H,43,48). The minimum Gasteiger partial charge on any atom is -0.497 e. The van der Waals surface area contributed by atoms with Crippen LogP contribution in [-0.2, 0) is 41.5 Å². The fourth-order valence-corrected chi connectivity index (χ4v) is 5.19. The van der Waals surface area contributed by atoms with E-state index < -0.39 is 47.6 Å². The van der Waals surface area contributed by atoms with Gasteiger partial charge in [-0.15, -0.1) is 0 Å². The molecule has 0 unspecified atom stereocenters. The first-order valence-electron chi connectivity index (χ1n) is 15.8. The SMILES string of the molecule is CCOCCCN(CC(=O)N(Cc1ccccc1)Cc1cccn1Cc1cccc(OC)c1)C(=O)Nc1cc(C(F)(F)F)cc(C(F)(F)F)c1. The van der Waals surface area contributed by atoms with Crippen LogP contribution in [0.15, 0.2) is 91.1 Å². The number of aromatic nitrogens is 1. The molecule has 0 radical (unpaired) electrons. The van der Waals surface area contributed by atoms with E-state index in [0.29, 0.717) is 31.0 Å². The van der Waals surface area contributed by atoms with E-state index in [0.717, 1.165) is 21.7 Å². The highest BCUT2D eigenvalue weighted by Crippen LogP contribution is 2.37. The van der Waals surface area contributed by atoms with Crippen molar-refractivity contribution >= 4 is 17.6 Å². The molecule has 1 aromatic heterocycles. The van der Waals surface area contributed by atoms with Gasteiger partial charge in [0.15, 0.2) is 0 Å². The van der Waals surface area contributed by atoms with Gasteiger partial charge in [-0.25, -0.2) is 4.79 Å². The number of urea groups is 1. The predicted octanol–water partition coefficient (Wildman–Crippen LogP) is 8.07. The van der Waals surface area contributed by atoms with Crippen molar-refractivity contribution in [2.75, 3.05) is 38.7 Å². The number of benzene rings is 3. The van der Waals surface area contributed by atoms with Crippen molar-refractivity contribution in [2.45, 2.75) is 45.3 Å². The quantitative estimate of drug-likeness (QED) is 0.100. The first-order valence-corrected chi connectivity index (χ1v) is 15.8. The van der Waals surface area contributed by atoms with Gasteiger partial charge in [0.25, 0.3) is 0 Å². The fourth-order valence-electron chi connectivity index (χ4n) is 5.19. The molecule has 50 heavy (non-hydrogen) atoms. The molecule has 0 saturated carbocycles. The number of halogens is 6. The Hall–Kier alpha value is -4.98. The van der Waals surface area contributed by atoms with E-state index in [1.54, 1.807) is 18.9 Å². The summed E-state index contributed by atoms with van der Waals surface area (Å²) in [6, 6.07) is 20.2. The Morgan fingerprint density at radius 1 is 0.800 bits per heavy atom. The van der Waals surface area contributed by atoms with Crippen LogP contribution in [0.1, 0.15) is 41.3 Å². The zero-order valence-electron chi connectivity index (χ0n) is 27.6. The number of amides is 3. The average molecular weight is 705 g/mol. The van der Waals surface area contributed by atoms with Crippen LogP contribution in [-0.4, -0.2) is 59.7 Å². The Morgan fingerprint density at radius 3 is 2.12 bits per heavy atom. The number of ether oxygens (including phenoxy) is 2. The van der Waals surface area contributed by atoms with Gasteiger partial charge in [0.1, 0.15) is 12.3 Å². The molecule has 14 heteroatoms. The second-order valence-corrected chi connectivity index (χ2v) is 11.4. The van der Waals surface area contributed by atoms with Gasteiger partial charge in [-0.05, 0) is 66.9 Å². The molecular formula is C36H38F6N4O4. The molecule has 3 amide bonds. The summed E-state index contributed by atoms with van der Waals surface area (Å²) < 4.78 is 93.6. The minimum absolute atomic E-state index is 0.0232. The number of nitrogens with one attached hydrogen (secondary N) is 1. The number of alkyl halides is 6. The largest absolute Gasteiger partial charge is 0.497 e. The van der Waals surface area contributed by atoms with Crippen LogP contribution in [0.5, 0.6) is 5.75 Å². The van der Waals surface area contributed by atoms with Gasteiger partial charge in [-0.1, -0.05) is 42.5 Å². The molecule has 4 rings (SSSR count). The molecule has 3 aromatic carbocycles. The molecule has 1 heterocycles. The molecule has 8 nitrogen and oxygen atoms in total. The zero-order valence-corrected chi connectivity index (χ0v) is 27.6. The molecule has 0 aliphatic heterocycles. The molecule has 0 aliphatic rings. The zero-order chi connectivity index (χ0) is 36.3. The Balaban J connectivity index is 1.60. The maximum atomic E-state index is 14.0. The highest BCUT2D eigenvalue weighted by molar-refractivity contribution is 5.92. The van der Waals surface area contributed by atoms with E-state index in [9.17, 15) is 35.9 Å². The lowest BCUT2D eigenvalue weighted by molar-refractivity contribution is -0.143. The third-order valence-corrected chi connectivity index (χ3v) is 7.71. The first kappa shape index (κ1) is 37.8. The molecule has 0 bridgehead atoms. The third-order valence-electron chi connectivity index (χ3n) is 7.71. The van der Waals surface area contributed by atoms with Crippen LogP contribution >= 0.6 is 0 Å². The van der Waals surface area contributed by atoms with Gasteiger partial charge >= 0.3 is 18.4 Å². The average Bonchev–Trinajstić information content (AvgIpc) is 3.51. The van der Waals surface area contributed by atoms with Crippen molar-refractivity contribution in [2.24, 2.45) is 0 Å². The van der Waals surface area contributed by atoms with Crippen molar-refractivity contribution in [3.8, 4) is 5.75 Å². The lowest BCUT2D eigenvalue weighted by atomic mass is 10.1. The van der Waals surface area contributed by atoms with Gasteiger partial charge in [-0.2, -0.15) is 26.3 Å². The third kappa shape index (κ3) is 11.0. The van der Waals surface area contributed by atoms with Crippen LogP contribution < -0.4 is 10.1 Å². The summed E-state index contributed by atoms with van der Waals surface area (Å²) in [5, 5.41) is 2.15. The van der Waals surface area contributed by atoms with Crippen LogP contribution in [0.2, 0.25) is 0 Å². The van der Waals surface area contributed by atoms with Crippen molar-refractivity contribution in [1.82, 2.24) is 14.4 Å². The van der Waals surface area contributed by atoms with Gasteiger partial charge in [0.2, 0.25) is 5.91 Å². The molecule has 0 saturated heterocycles. The van der Waals surface area contributed by atoms with Gasteiger partial charge < -0.3 is 29.2 Å². The maximum absolute atomic E-state index is 14.0. The summed E-state index contributed by atoms with van der Waals surface area (Å²) in [6.45, 7) is 2.59. The number of rotatable bonds is 15. The first-order chi connectivity index (χ1) is 23.8. The number of hydrogen-bond acceptors (Lipinski definition) is 4. The number of carbonyl (C=O) groups excluding carboxylic acids is 2. The van der Waals surface area contributed by atoms with E-state index in [4.69, 9.17) is 9.47 Å². The Morgan fingerprint density at radius 2 is 1.48 bits per heavy atom. The Bertz CT molecular complexity index is 1680. The van der Waals surface area contributed by atoms with Gasteiger partial charge in [-0.3, -0.25) is 4.79 Å². The Labute approximate surface area is 286 Å². The highest BCUT2D eigenvalue weighted by Gasteiger charge is 2.37. The lowest BCUT2D eigenvalue weighted by Crippen LogP contribution is -2.45. The van der Waals surface area contributed by atoms with E-state index in [2.05, 4.69) is 5.32 Å². The second kappa shape index (κ2) is 17.1. The normalized spacial score (nSPS) is 11.7. The molecular weight excluding hydrogens is 666 g/mol. The molecule has 0 aliphatic carbocycles. The van der Waals surface area contributed by atoms with Crippen LogP contribution in [0.3, 0.4) is 0 Å². The number of carbonyl (C=O) groups is 2. The topological polar surface area (TPSA) is 76.0 Å². The van der Waals surface area contributed by atoms with Crippen LogP contribution in [0, 0.1) is 0 Å². The highest BCUT2D eigenvalue weighted by atomic mass is 19.4. The molecule has 0 atom stereocenters. The molecule has 0 spiro atoms. The number of nitrogens with zero attached hydrogens (tertiary/aromatic N) is 3. The predicted molar refractivity (Wildman–Crippen MR) is 175 cm³/mol. The number of methoxy groups -OCH3 is 1. The van der Waals surface area contributed by atoms with Crippen molar-refractivity contribution < 1.29 is 45.4 Å². The molecule has 0 fully saturated rings. The molecule has 4 aromatic rings. The summed E-state index contributed by atoms with van der Waals surface area (Å²) in [5.41, 5.74) is -1.31. The minimum atomic E-state index is -5.10. The van der Waals surface area contributed by atoms with E-state index in [-0.39, 0.29) is 38.7 Å². The van der Waals surface area contributed by atoms with E-state index >= 15 is 0 Å². The molecule has 1 N–H and O–H groups in total. The smallest absolute Gasteiger partial charge is 0.416 e. The lowest BCUT2D eigenvalue weighted by Gasteiger charge is -2.28. The van der Waals surface area contributed by atoms with Crippen LogP contribution in [0.25, 0.3) is 0 Å². The summed E-state index contributed by atoms with van der Waals surface area (Å²) >= 11 is 0. The van der Waals surface area contributed by atoms with Crippen molar-refractivity contribution in [3.63, 3.8) is 0 Å². The summed E-state index contributed by atoms with van der Waals surface area (Å²) in [7, 11) is 1.58. The molecule has 268 valence electrons. The van der Waals surface area contributed by atoms with Crippen molar-refractivity contribution in [1.29, 1.82) is 0 Å². The maximum Gasteiger partial charge on any atom is 0.416 e. The van der Waals surface area contributed by atoms with Crippen LogP contribution in [0.4, 0.5) is 36.8 Å². The van der Waals surface area contributed by atoms with E-state index in [1.807, 2.05) is 77.5 Å². The number of anilines is 1. The monoisotopic (exact) mass is 704 g/mol. The summed E-state index contributed by atoms with van der Waals surface area (Å²) in [4.78, 5) is 30.1. The Kier molecular flexibility index (Phi) is 12.9. The summed E-state index contributed by atoms with van der Waals surface area (Å²) in [6.07, 6.45) is -8.07. The van der Waals surface area contributed by atoms with Crippen molar-refractivity contribution in [3.05, 3.63) is 119 Å². The van der Waals surface area contributed by atoms with E-state index in [1.165, 1.54) is 0 Å².